The van der Waals surface area contributed by atoms with Gasteiger partial charge in [0.25, 0.3) is 5.91 Å². The zero-order valence-corrected chi connectivity index (χ0v) is 14.3. The highest BCUT2D eigenvalue weighted by atomic mass is 16.5. The standard InChI is InChI=1S/C19H21N3O3/c1-13-3-5-14(6-4-13)18-16(12-23)22-11-15(7-8-17(22)21-18)19(24)20-9-10-25-2/h3-8,11,23H,9-10,12H2,1-2H3,(H,20,24). The van der Waals surface area contributed by atoms with E-state index in [0.29, 0.717) is 30.1 Å². The normalized spacial score (nSPS) is 11.0. The largest absolute Gasteiger partial charge is 0.390 e. The van der Waals surface area contributed by atoms with Gasteiger partial charge in [-0.2, -0.15) is 0 Å². The molecule has 3 aromatic rings. The molecule has 0 aliphatic rings. The van der Waals surface area contributed by atoms with Crippen LogP contribution in [0.25, 0.3) is 16.9 Å². The van der Waals surface area contributed by atoms with E-state index in [1.54, 1.807) is 29.8 Å². The predicted octanol–water partition coefficient (Wildman–Crippen LogP) is 2.18. The SMILES string of the molecule is COCCNC(=O)c1ccc2nc(-c3ccc(C)cc3)c(CO)n2c1. The van der Waals surface area contributed by atoms with Crippen LogP contribution in [0.4, 0.5) is 0 Å². The van der Waals surface area contributed by atoms with Gasteiger partial charge in [0.05, 0.1) is 30.2 Å². The maximum atomic E-state index is 12.2. The van der Waals surface area contributed by atoms with E-state index in [2.05, 4.69) is 10.3 Å². The summed E-state index contributed by atoms with van der Waals surface area (Å²) in [5.74, 6) is -0.187. The van der Waals surface area contributed by atoms with Gasteiger partial charge < -0.3 is 19.6 Å². The van der Waals surface area contributed by atoms with Crippen LogP contribution in [0.2, 0.25) is 0 Å². The van der Waals surface area contributed by atoms with Crippen LogP contribution in [0.5, 0.6) is 0 Å². The van der Waals surface area contributed by atoms with E-state index in [0.717, 1.165) is 16.8 Å². The molecule has 1 amide bonds. The number of imidazole rings is 1. The highest BCUT2D eigenvalue weighted by molar-refractivity contribution is 5.94. The Labute approximate surface area is 146 Å². The Hall–Kier alpha value is -2.70. The van der Waals surface area contributed by atoms with Gasteiger partial charge in [-0.25, -0.2) is 4.98 Å². The second-order valence-electron chi connectivity index (χ2n) is 5.83. The minimum atomic E-state index is -0.187. The minimum Gasteiger partial charge on any atom is -0.390 e. The average Bonchev–Trinajstić information content (AvgIpc) is 3.00. The molecule has 3 rings (SSSR count). The maximum absolute atomic E-state index is 12.2. The highest BCUT2D eigenvalue weighted by Gasteiger charge is 2.15. The Morgan fingerprint density at radius 3 is 2.68 bits per heavy atom. The van der Waals surface area contributed by atoms with Crippen molar-refractivity contribution in [1.29, 1.82) is 0 Å². The molecule has 0 spiro atoms. The molecule has 6 heteroatoms. The summed E-state index contributed by atoms with van der Waals surface area (Å²) in [6, 6.07) is 11.5. The van der Waals surface area contributed by atoms with E-state index in [4.69, 9.17) is 4.74 Å². The lowest BCUT2D eigenvalue weighted by Crippen LogP contribution is -2.27. The van der Waals surface area contributed by atoms with Gasteiger partial charge in [-0.15, -0.1) is 0 Å². The molecule has 130 valence electrons. The van der Waals surface area contributed by atoms with E-state index in [1.807, 2.05) is 31.2 Å². The molecule has 2 N–H and O–H groups in total. The Balaban J connectivity index is 1.99. The number of aliphatic hydroxyl groups excluding tert-OH is 1. The van der Waals surface area contributed by atoms with Gasteiger partial charge in [-0.1, -0.05) is 29.8 Å². The zero-order valence-electron chi connectivity index (χ0n) is 14.3. The van der Waals surface area contributed by atoms with Crippen LogP contribution in [0.3, 0.4) is 0 Å². The molecule has 0 unspecified atom stereocenters. The van der Waals surface area contributed by atoms with Crippen LogP contribution in [0.1, 0.15) is 21.6 Å². The number of hydrogen-bond acceptors (Lipinski definition) is 4. The molecule has 2 aromatic heterocycles. The van der Waals surface area contributed by atoms with Crippen LogP contribution in [-0.4, -0.2) is 40.7 Å². The third kappa shape index (κ3) is 3.55. The van der Waals surface area contributed by atoms with E-state index in [-0.39, 0.29) is 12.5 Å². The number of benzene rings is 1. The lowest BCUT2D eigenvalue weighted by Gasteiger charge is -2.06. The van der Waals surface area contributed by atoms with Crippen molar-refractivity contribution < 1.29 is 14.6 Å². The number of aryl methyl sites for hydroxylation is 1. The number of amides is 1. The number of hydrogen-bond donors (Lipinski definition) is 2. The number of nitrogens with one attached hydrogen (secondary N) is 1. The first-order valence-corrected chi connectivity index (χ1v) is 8.10. The molecule has 1 aromatic carbocycles. The monoisotopic (exact) mass is 339 g/mol. The molecule has 25 heavy (non-hydrogen) atoms. The average molecular weight is 339 g/mol. The minimum absolute atomic E-state index is 0.168. The number of carbonyl (C=O) groups excluding carboxylic acids is 1. The first-order chi connectivity index (χ1) is 12.1. The number of fused-ring (bicyclic) bond motifs is 1. The van der Waals surface area contributed by atoms with Crippen molar-refractivity contribution in [3.05, 3.63) is 59.4 Å². The molecule has 6 nitrogen and oxygen atoms in total. The van der Waals surface area contributed by atoms with Gasteiger partial charge in [-0.05, 0) is 19.1 Å². The van der Waals surface area contributed by atoms with Crippen LogP contribution in [-0.2, 0) is 11.3 Å². The van der Waals surface area contributed by atoms with Gasteiger partial charge in [0, 0.05) is 25.4 Å². The number of aromatic nitrogens is 2. The number of ether oxygens (including phenoxy) is 1. The van der Waals surface area contributed by atoms with Crippen molar-refractivity contribution in [1.82, 2.24) is 14.7 Å². The van der Waals surface area contributed by atoms with Crippen LogP contribution in [0.15, 0.2) is 42.6 Å². The third-order valence-electron chi connectivity index (χ3n) is 4.05. The summed E-state index contributed by atoms with van der Waals surface area (Å²) in [7, 11) is 1.59. The summed E-state index contributed by atoms with van der Waals surface area (Å²) in [5.41, 5.74) is 4.67. The van der Waals surface area contributed by atoms with Gasteiger partial charge in [0.1, 0.15) is 5.65 Å². The lowest BCUT2D eigenvalue weighted by atomic mass is 10.1. The van der Waals surface area contributed by atoms with Crippen LogP contribution >= 0.6 is 0 Å². The number of methoxy groups -OCH3 is 1. The molecule has 0 saturated heterocycles. The van der Waals surface area contributed by atoms with Gasteiger partial charge in [-0.3, -0.25) is 4.79 Å². The highest BCUT2D eigenvalue weighted by Crippen LogP contribution is 2.25. The van der Waals surface area contributed by atoms with E-state index >= 15 is 0 Å². The first kappa shape index (κ1) is 17.1. The fraction of sp³-hybridized carbons (Fsp3) is 0.263. The van der Waals surface area contributed by atoms with E-state index in [1.165, 1.54) is 0 Å². The number of rotatable bonds is 6. The van der Waals surface area contributed by atoms with Gasteiger partial charge in [0.2, 0.25) is 0 Å². The summed E-state index contributed by atoms with van der Waals surface area (Å²) in [6.45, 7) is 2.76. The fourth-order valence-electron chi connectivity index (χ4n) is 2.69. The Morgan fingerprint density at radius 1 is 1.24 bits per heavy atom. The molecule has 0 aliphatic heterocycles. The summed E-state index contributed by atoms with van der Waals surface area (Å²) in [5, 5.41) is 12.6. The molecule has 0 atom stereocenters. The van der Waals surface area contributed by atoms with Gasteiger partial charge in [0.15, 0.2) is 0 Å². The molecule has 2 heterocycles. The Kier molecular flexibility index (Phi) is 5.11. The molecule has 0 saturated carbocycles. The lowest BCUT2D eigenvalue weighted by molar-refractivity contribution is 0.0936. The molecular formula is C19H21N3O3. The summed E-state index contributed by atoms with van der Waals surface area (Å²) in [4.78, 5) is 16.8. The topological polar surface area (TPSA) is 75.9 Å². The predicted molar refractivity (Wildman–Crippen MR) is 95.5 cm³/mol. The smallest absolute Gasteiger partial charge is 0.252 e. The number of carbonyl (C=O) groups is 1. The fourth-order valence-corrected chi connectivity index (χ4v) is 2.69. The summed E-state index contributed by atoms with van der Waals surface area (Å²) < 4.78 is 6.70. The van der Waals surface area contributed by atoms with Crippen molar-refractivity contribution in [2.45, 2.75) is 13.5 Å². The second-order valence-corrected chi connectivity index (χ2v) is 5.83. The number of aliphatic hydroxyl groups is 1. The number of pyridine rings is 1. The summed E-state index contributed by atoms with van der Waals surface area (Å²) >= 11 is 0. The van der Waals surface area contributed by atoms with Gasteiger partial charge >= 0.3 is 0 Å². The molecule has 0 bridgehead atoms. The van der Waals surface area contributed by atoms with Crippen molar-refractivity contribution in [3.63, 3.8) is 0 Å². The third-order valence-corrected chi connectivity index (χ3v) is 4.05. The van der Waals surface area contributed by atoms with Crippen molar-refractivity contribution in [2.24, 2.45) is 0 Å². The van der Waals surface area contributed by atoms with E-state index in [9.17, 15) is 9.90 Å². The zero-order chi connectivity index (χ0) is 17.8. The van der Waals surface area contributed by atoms with Crippen molar-refractivity contribution in [3.8, 4) is 11.3 Å². The van der Waals surface area contributed by atoms with Crippen molar-refractivity contribution >= 4 is 11.6 Å². The first-order valence-electron chi connectivity index (χ1n) is 8.10. The Morgan fingerprint density at radius 2 is 2.00 bits per heavy atom. The van der Waals surface area contributed by atoms with Crippen LogP contribution < -0.4 is 5.32 Å². The van der Waals surface area contributed by atoms with E-state index < -0.39 is 0 Å². The van der Waals surface area contributed by atoms with Crippen molar-refractivity contribution in [2.75, 3.05) is 20.3 Å². The quantitative estimate of drug-likeness (QED) is 0.675. The molecular weight excluding hydrogens is 318 g/mol. The number of nitrogens with zero attached hydrogens (tertiary/aromatic N) is 2. The maximum Gasteiger partial charge on any atom is 0.252 e. The molecule has 0 aliphatic carbocycles. The molecule has 0 fully saturated rings. The Bertz CT molecular complexity index is 885. The van der Waals surface area contributed by atoms with Crippen LogP contribution in [0, 0.1) is 6.92 Å². The second kappa shape index (κ2) is 7.46. The molecule has 0 radical (unpaired) electrons. The summed E-state index contributed by atoms with van der Waals surface area (Å²) in [6.07, 6.45) is 1.70.